The van der Waals surface area contributed by atoms with Crippen LogP contribution in [-0.2, 0) is 7.05 Å². The lowest BCUT2D eigenvalue weighted by Gasteiger charge is -2.34. The second kappa shape index (κ2) is 6.78. The summed E-state index contributed by atoms with van der Waals surface area (Å²) in [6, 6.07) is 7.87. The van der Waals surface area contributed by atoms with Crippen LogP contribution in [0.3, 0.4) is 0 Å². The number of anilines is 1. The van der Waals surface area contributed by atoms with Gasteiger partial charge in [0.05, 0.1) is 10.2 Å². The molecule has 3 heterocycles. The van der Waals surface area contributed by atoms with Crippen molar-refractivity contribution in [2.45, 2.75) is 0 Å². The van der Waals surface area contributed by atoms with Crippen molar-refractivity contribution < 1.29 is 4.79 Å². The van der Waals surface area contributed by atoms with Crippen LogP contribution in [0.2, 0.25) is 0 Å². The van der Waals surface area contributed by atoms with Crippen LogP contribution in [0.25, 0.3) is 10.2 Å². The summed E-state index contributed by atoms with van der Waals surface area (Å²) in [4.78, 5) is 25.6. The lowest BCUT2D eigenvalue weighted by atomic mass is 10.3. The van der Waals surface area contributed by atoms with Crippen LogP contribution in [0.15, 0.2) is 36.7 Å². The zero-order valence-corrected chi connectivity index (χ0v) is 14.9. The molecule has 1 aliphatic heterocycles. The highest BCUT2D eigenvalue weighted by atomic mass is 35.5. The quantitative estimate of drug-likeness (QED) is 0.701. The molecule has 0 radical (unpaired) electrons. The molecule has 0 aliphatic carbocycles. The number of rotatable bonds is 2. The van der Waals surface area contributed by atoms with Gasteiger partial charge in [0.2, 0.25) is 5.95 Å². The average molecular weight is 364 g/mol. The molecule has 0 spiro atoms. The molecule has 24 heavy (non-hydrogen) atoms. The van der Waals surface area contributed by atoms with E-state index in [0.29, 0.717) is 18.1 Å². The van der Waals surface area contributed by atoms with Gasteiger partial charge in [0, 0.05) is 45.6 Å². The van der Waals surface area contributed by atoms with Crippen LogP contribution >= 0.6 is 23.7 Å². The van der Waals surface area contributed by atoms with E-state index in [1.54, 1.807) is 6.20 Å². The van der Waals surface area contributed by atoms with Gasteiger partial charge in [-0.1, -0.05) is 12.1 Å². The maximum absolute atomic E-state index is 12.7. The van der Waals surface area contributed by atoms with Gasteiger partial charge in [-0.05, 0) is 12.1 Å². The second-order valence-corrected chi connectivity index (χ2v) is 6.63. The molecule has 1 aliphatic rings. The third-order valence-corrected chi connectivity index (χ3v) is 5.15. The summed E-state index contributed by atoms with van der Waals surface area (Å²) in [5, 5.41) is 0.580. The number of halogens is 1. The Morgan fingerprint density at radius 3 is 2.58 bits per heavy atom. The highest BCUT2D eigenvalue weighted by Gasteiger charge is 2.25. The number of imidazole rings is 1. The molecule has 0 saturated carbocycles. The van der Waals surface area contributed by atoms with E-state index in [-0.39, 0.29) is 18.3 Å². The number of carbonyl (C=O) groups is 1. The Labute approximate surface area is 150 Å². The van der Waals surface area contributed by atoms with Crippen LogP contribution in [0.5, 0.6) is 0 Å². The van der Waals surface area contributed by atoms with Gasteiger partial charge in [0.25, 0.3) is 5.91 Å². The number of para-hydroxylation sites is 1. The number of fused-ring (bicyclic) bond motifs is 1. The number of hydrogen-bond acceptors (Lipinski definition) is 5. The zero-order valence-electron chi connectivity index (χ0n) is 13.3. The number of aryl methyl sites for hydroxylation is 1. The lowest BCUT2D eigenvalue weighted by Crippen LogP contribution is -2.49. The fourth-order valence-electron chi connectivity index (χ4n) is 2.87. The summed E-state index contributed by atoms with van der Waals surface area (Å²) in [5.41, 5.74) is 0.896. The highest BCUT2D eigenvalue weighted by Crippen LogP contribution is 2.23. The topological polar surface area (TPSA) is 54.3 Å². The largest absolute Gasteiger partial charge is 0.339 e. The van der Waals surface area contributed by atoms with Crippen LogP contribution < -0.4 is 4.90 Å². The Morgan fingerprint density at radius 2 is 1.92 bits per heavy atom. The van der Waals surface area contributed by atoms with Gasteiger partial charge in [0.15, 0.2) is 5.01 Å². The first kappa shape index (κ1) is 16.7. The fraction of sp³-hybridized carbons (Fsp3) is 0.312. The minimum absolute atomic E-state index is 0. The van der Waals surface area contributed by atoms with Crippen molar-refractivity contribution in [3.05, 3.63) is 41.7 Å². The molecule has 2 aromatic heterocycles. The summed E-state index contributed by atoms with van der Waals surface area (Å²) < 4.78 is 3.06. The lowest BCUT2D eigenvalue weighted by molar-refractivity contribution is 0.0746. The first-order valence-corrected chi connectivity index (χ1v) is 8.41. The number of aromatic nitrogens is 3. The monoisotopic (exact) mass is 363 g/mol. The number of hydrogen-bond donors (Lipinski definition) is 0. The van der Waals surface area contributed by atoms with Crippen molar-refractivity contribution >= 4 is 45.8 Å². The summed E-state index contributed by atoms with van der Waals surface area (Å²) in [5.74, 6) is 0.989. The van der Waals surface area contributed by atoms with Gasteiger partial charge < -0.3 is 14.4 Å². The number of nitrogens with zero attached hydrogens (tertiary/aromatic N) is 5. The molecule has 6 nitrogen and oxygen atoms in total. The molecular weight excluding hydrogens is 346 g/mol. The van der Waals surface area contributed by atoms with Gasteiger partial charge in [-0.25, -0.2) is 9.97 Å². The molecule has 1 fully saturated rings. The van der Waals surface area contributed by atoms with Crippen LogP contribution in [0.1, 0.15) is 9.80 Å². The van der Waals surface area contributed by atoms with E-state index in [4.69, 9.17) is 0 Å². The van der Waals surface area contributed by atoms with Crippen molar-refractivity contribution in [2.75, 3.05) is 31.1 Å². The molecule has 0 bridgehead atoms. The second-order valence-electron chi connectivity index (χ2n) is 5.60. The molecule has 0 unspecified atom stereocenters. The maximum Gasteiger partial charge on any atom is 0.282 e. The minimum atomic E-state index is 0. The Morgan fingerprint density at radius 1 is 1.17 bits per heavy atom. The molecule has 3 aromatic rings. The van der Waals surface area contributed by atoms with Crippen LogP contribution in [0, 0.1) is 0 Å². The minimum Gasteiger partial charge on any atom is -0.339 e. The van der Waals surface area contributed by atoms with Gasteiger partial charge >= 0.3 is 0 Å². The number of benzene rings is 1. The van der Waals surface area contributed by atoms with E-state index in [9.17, 15) is 4.79 Å². The molecule has 1 saturated heterocycles. The first-order valence-electron chi connectivity index (χ1n) is 7.59. The number of thiazole rings is 1. The van der Waals surface area contributed by atoms with Crippen LogP contribution in [-0.4, -0.2) is 51.5 Å². The smallest absolute Gasteiger partial charge is 0.282 e. The van der Waals surface area contributed by atoms with Crippen molar-refractivity contribution in [1.82, 2.24) is 19.4 Å². The Kier molecular flexibility index (Phi) is 4.73. The maximum atomic E-state index is 12.7. The molecule has 4 rings (SSSR count). The summed E-state index contributed by atoms with van der Waals surface area (Å²) in [6.45, 7) is 2.98. The van der Waals surface area contributed by atoms with E-state index in [1.165, 1.54) is 11.3 Å². The third-order valence-electron chi connectivity index (χ3n) is 4.12. The number of piperazine rings is 1. The molecule has 1 aromatic carbocycles. The van der Waals surface area contributed by atoms with E-state index < -0.39 is 0 Å². The first-order chi connectivity index (χ1) is 11.2. The fourth-order valence-corrected chi connectivity index (χ4v) is 3.80. The summed E-state index contributed by atoms with van der Waals surface area (Å²) in [6.07, 6.45) is 3.74. The third kappa shape index (κ3) is 2.97. The molecule has 126 valence electrons. The summed E-state index contributed by atoms with van der Waals surface area (Å²) >= 11 is 1.47. The zero-order chi connectivity index (χ0) is 15.8. The number of amides is 1. The Bertz CT molecular complexity index is 820. The van der Waals surface area contributed by atoms with Crippen LogP contribution in [0.4, 0.5) is 5.95 Å². The molecule has 0 atom stereocenters. The Balaban J connectivity index is 0.00000169. The molecule has 1 amide bonds. The van der Waals surface area contributed by atoms with E-state index in [2.05, 4.69) is 14.9 Å². The summed E-state index contributed by atoms with van der Waals surface area (Å²) in [7, 11) is 1.99. The van der Waals surface area contributed by atoms with Gasteiger partial charge in [0.1, 0.15) is 0 Å². The molecule has 0 N–H and O–H groups in total. The number of carbonyl (C=O) groups excluding carboxylic acids is 1. The van der Waals surface area contributed by atoms with Gasteiger partial charge in [-0.15, -0.1) is 23.7 Å². The molecule has 8 heteroatoms. The molecular formula is C16H18ClN5OS. The van der Waals surface area contributed by atoms with Gasteiger partial charge in [-0.3, -0.25) is 4.79 Å². The standard InChI is InChI=1S/C16H17N5OS.ClH/c1-19-7-6-17-16(19)21-10-8-20(9-11-21)15(22)14-18-12-4-2-3-5-13(12)23-14;/h2-7H,8-11H2,1H3;1H. The van der Waals surface area contributed by atoms with Crippen molar-refractivity contribution in [2.24, 2.45) is 7.05 Å². The van der Waals surface area contributed by atoms with Gasteiger partial charge in [-0.2, -0.15) is 0 Å². The predicted molar refractivity (Wildman–Crippen MR) is 98.2 cm³/mol. The van der Waals surface area contributed by atoms with E-state index in [0.717, 1.165) is 29.3 Å². The SMILES string of the molecule is Cl.Cn1ccnc1N1CCN(C(=O)c2nc3ccccc3s2)CC1. The van der Waals surface area contributed by atoms with Crippen molar-refractivity contribution in [3.8, 4) is 0 Å². The van der Waals surface area contributed by atoms with Crippen molar-refractivity contribution in [3.63, 3.8) is 0 Å². The highest BCUT2D eigenvalue weighted by molar-refractivity contribution is 7.20. The average Bonchev–Trinajstić information content (AvgIpc) is 3.20. The normalized spacial score (nSPS) is 14.7. The Hall–Kier alpha value is -2.12. The van der Waals surface area contributed by atoms with E-state index in [1.807, 2.05) is 47.0 Å². The predicted octanol–water partition coefficient (Wildman–Crippen LogP) is 2.41. The van der Waals surface area contributed by atoms with Crippen molar-refractivity contribution in [1.29, 1.82) is 0 Å². The van der Waals surface area contributed by atoms with E-state index >= 15 is 0 Å².